The number of carbonyl (C=O) groups excluding carboxylic acids is 1. The van der Waals surface area contributed by atoms with Gasteiger partial charge in [0.25, 0.3) is 5.91 Å². The lowest BCUT2D eigenvalue weighted by atomic mass is 9.99. The molecule has 0 bridgehead atoms. The zero-order valence-electron chi connectivity index (χ0n) is 15.8. The number of benzene rings is 2. The zero-order chi connectivity index (χ0) is 19.6. The summed E-state index contributed by atoms with van der Waals surface area (Å²) in [6, 6.07) is 16.4. The number of hydrogen-bond donors (Lipinski definition) is 3. The van der Waals surface area contributed by atoms with Gasteiger partial charge in [-0.05, 0) is 30.2 Å². The first-order valence-electron chi connectivity index (χ1n) is 9.01. The molecule has 146 valence electrons. The summed E-state index contributed by atoms with van der Waals surface area (Å²) in [6.45, 7) is 0.337. The number of rotatable bonds is 10. The van der Waals surface area contributed by atoms with Crippen LogP contribution >= 0.6 is 0 Å². The van der Waals surface area contributed by atoms with E-state index in [1.54, 1.807) is 20.2 Å². The van der Waals surface area contributed by atoms with E-state index in [-0.39, 0.29) is 31.7 Å². The van der Waals surface area contributed by atoms with Crippen molar-refractivity contribution in [3.63, 3.8) is 0 Å². The summed E-state index contributed by atoms with van der Waals surface area (Å²) in [4.78, 5) is 13.8. The van der Waals surface area contributed by atoms with Crippen molar-refractivity contribution in [1.29, 1.82) is 0 Å². The van der Waals surface area contributed by atoms with Crippen molar-refractivity contribution < 1.29 is 19.7 Å². The van der Waals surface area contributed by atoms with Crippen LogP contribution < -0.4 is 10.1 Å². The van der Waals surface area contributed by atoms with Gasteiger partial charge in [0, 0.05) is 32.2 Å². The Kier molecular flexibility index (Phi) is 8.26. The molecule has 0 aliphatic heterocycles. The number of hydrogen-bond acceptors (Lipinski definition) is 5. The van der Waals surface area contributed by atoms with Crippen LogP contribution in [0.5, 0.6) is 5.75 Å². The van der Waals surface area contributed by atoms with Gasteiger partial charge in [-0.25, -0.2) is 0 Å². The number of nitrogens with one attached hydrogen (secondary N) is 1. The van der Waals surface area contributed by atoms with Gasteiger partial charge in [0.05, 0.1) is 6.61 Å². The number of nitrogens with zero attached hydrogens (tertiary/aromatic N) is 1. The molecule has 27 heavy (non-hydrogen) atoms. The molecular weight excluding hydrogens is 344 g/mol. The lowest BCUT2D eigenvalue weighted by Crippen LogP contribution is -2.41. The molecule has 1 amide bonds. The molecule has 2 aromatic rings. The van der Waals surface area contributed by atoms with Gasteiger partial charge in [-0.2, -0.15) is 0 Å². The third-order valence-electron chi connectivity index (χ3n) is 4.17. The Morgan fingerprint density at radius 3 is 2.44 bits per heavy atom. The van der Waals surface area contributed by atoms with Crippen molar-refractivity contribution in [1.82, 2.24) is 10.2 Å². The van der Waals surface area contributed by atoms with Crippen LogP contribution in [0.2, 0.25) is 0 Å². The van der Waals surface area contributed by atoms with Crippen LogP contribution in [-0.2, 0) is 6.42 Å². The second-order valence-corrected chi connectivity index (χ2v) is 6.63. The predicted molar refractivity (Wildman–Crippen MR) is 105 cm³/mol. The number of ether oxygens (including phenoxy) is 1. The van der Waals surface area contributed by atoms with E-state index in [9.17, 15) is 15.0 Å². The van der Waals surface area contributed by atoms with Crippen molar-refractivity contribution in [2.45, 2.75) is 18.6 Å². The van der Waals surface area contributed by atoms with Crippen LogP contribution in [0.4, 0.5) is 0 Å². The highest BCUT2D eigenvalue weighted by Crippen LogP contribution is 2.13. The maximum absolute atomic E-state index is 12.3. The smallest absolute Gasteiger partial charge is 0.253 e. The fourth-order valence-electron chi connectivity index (χ4n) is 2.69. The van der Waals surface area contributed by atoms with E-state index in [0.29, 0.717) is 17.7 Å². The molecule has 6 heteroatoms. The predicted octanol–water partition coefficient (Wildman–Crippen LogP) is 1.32. The van der Waals surface area contributed by atoms with Crippen molar-refractivity contribution in [2.24, 2.45) is 0 Å². The van der Waals surface area contributed by atoms with Crippen molar-refractivity contribution in [2.75, 3.05) is 33.9 Å². The minimum absolute atomic E-state index is 0.0708. The Morgan fingerprint density at radius 2 is 1.78 bits per heavy atom. The van der Waals surface area contributed by atoms with E-state index in [2.05, 4.69) is 5.32 Å². The van der Waals surface area contributed by atoms with E-state index in [1.807, 2.05) is 48.5 Å². The van der Waals surface area contributed by atoms with Crippen molar-refractivity contribution in [3.8, 4) is 5.75 Å². The molecule has 0 aromatic heterocycles. The molecular formula is C21H28N2O4. The Morgan fingerprint density at radius 1 is 1.11 bits per heavy atom. The Balaban J connectivity index is 1.88. The van der Waals surface area contributed by atoms with Gasteiger partial charge < -0.3 is 25.2 Å². The molecule has 0 aliphatic carbocycles. The second-order valence-electron chi connectivity index (χ2n) is 6.63. The van der Waals surface area contributed by atoms with Crippen LogP contribution in [0.3, 0.4) is 0 Å². The average Bonchev–Trinajstić information content (AvgIpc) is 2.70. The molecule has 2 aromatic carbocycles. The van der Waals surface area contributed by atoms with Crippen molar-refractivity contribution in [3.05, 3.63) is 65.7 Å². The van der Waals surface area contributed by atoms with E-state index in [0.717, 1.165) is 5.56 Å². The molecule has 0 saturated carbocycles. The SMILES string of the molecule is CN(C)C(=O)c1ccccc1C[C@@H](CO)NC[C@H](O)COc1ccccc1. The number of aliphatic hydroxyl groups is 2. The third-order valence-corrected chi connectivity index (χ3v) is 4.17. The van der Waals surface area contributed by atoms with Crippen LogP contribution in [0.25, 0.3) is 0 Å². The first-order chi connectivity index (χ1) is 13.0. The molecule has 2 atom stereocenters. The summed E-state index contributed by atoms with van der Waals surface area (Å²) in [7, 11) is 3.42. The normalized spacial score (nSPS) is 13.0. The van der Waals surface area contributed by atoms with E-state index >= 15 is 0 Å². The van der Waals surface area contributed by atoms with Crippen LogP contribution in [-0.4, -0.2) is 67.0 Å². The van der Waals surface area contributed by atoms with Gasteiger partial charge in [0.1, 0.15) is 18.5 Å². The molecule has 3 N–H and O–H groups in total. The molecule has 6 nitrogen and oxygen atoms in total. The summed E-state index contributed by atoms with van der Waals surface area (Å²) >= 11 is 0. The quantitative estimate of drug-likeness (QED) is 0.586. The molecule has 2 rings (SSSR count). The zero-order valence-corrected chi connectivity index (χ0v) is 15.8. The number of amides is 1. The summed E-state index contributed by atoms with van der Waals surface area (Å²) in [5.41, 5.74) is 1.48. The Labute approximate surface area is 160 Å². The number of para-hydroxylation sites is 1. The molecule has 0 saturated heterocycles. The van der Waals surface area contributed by atoms with Gasteiger partial charge in [0.2, 0.25) is 0 Å². The Bertz CT molecular complexity index is 706. The summed E-state index contributed by atoms with van der Waals surface area (Å²) in [6.07, 6.45) is -0.226. The molecule has 0 spiro atoms. The van der Waals surface area contributed by atoms with Crippen LogP contribution in [0, 0.1) is 0 Å². The monoisotopic (exact) mass is 372 g/mol. The highest BCUT2D eigenvalue weighted by atomic mass is 16.5. The first kappa shape index (κ1) is 20.9. The van der Waals surface area contributed by atoms with Crippen LogP contribution in [0.15, 0.2) is 54.6 Å². The number of carbonyl (C=O) groups is 1. The molecule has 0 heterocycles. The molecule has 0 radical (unpaired) electrons. The molecule has 0 aliphatic rings. The van der Waals surface area contributed by atoms with Crippen LogP contribution in [0.1, 0.15) is 15.9 Å². The van der Waals surface area contributed by atoms with E-state index in [4.69, 9.17) is 4.74 Å². The Hall–Kier alpha value is -2.41. The standard InChI is InChI=1S/C21H28N2O4/c1-23(2)21(26)20-11-7-6-8-16(20)12-17(14-24)22-13-18(25)15-27-19-9-4-3-5-10-19/h3-11,17-18,22,24-25H,12-15H2,1-2H3/t17-,18-/m0/s1. The summed E-state index contributed by atoms with van der Waals surface area (Å²) < 4.78 is 5.53. The molecule has 0 unspecified atom stereocenters. The van der Waals surface area contributed by atoms with Gasteiger partial charge in [-0.1, -0.05) is 36.4 Å². The minimum atomic E-state index is -0.710. The molecule has 0 fully saturated rings. The lowest BCUT2D eigenvalue weighted by Gasteiger charge is -2.21. The minimum Gasteiger partial charge on any atom is -0.491 e. The maximum Gasteiger partial charge on any atom is 0.253 e. The lowest BCUT2D eigenvalue weighted by molar-refractivity contribution is 0.0825. The number of aliphatic hydroxyl groups excluding tert-OH is 2. The topological polar surface area (TPSA) is 82.0 Å². The first-order valence-corrected chi connectivity index (χ1v) is 9.01. The third kappa shape index (κ3) is 6.67. The van der Waals surface area contributed by atoms with E-state index in [1.165, 1.54) is 4.90 Å². The summed E-state index contributed by atoms with van der Waals surface area (Å²) in [5, 5.41) is 22.9. The second kappa shape index (κ2) is 10.7. The largest absolute Gasteiger partial charge is 0.491 e. The maximum atomic E-state index is 12.3. The highest BCUT2D eigenvalue weighted by Gasteiger charge is 2.17. The highest BCUT2D eigenvalue weighted by molar-refractivity contribution is 5.95. The van der Waals surface area contributed by atoms with E-state index < -0.39 is 6.10 Å². The average molecular weight is 372 g/mol. The van der Waals surface area contributed by atoms with Crippen molar-refractivity contribution >= 4 is 5.91 Å². The van der Waals surface area contributed by atoms with Gasteiger partial charge in [-0.3, -0.25) is 4.79 Å². The van der Waals surface area contributed by atoms with Gasteiger partial charge in [-0.15, -0.1) is 0 Å². The fraction of sp³-hybridized carbons (Fsp3) is 0.381. The summed E-state index contributed by atoms with van der Waals surface area (Å²) in [5.74, 6) is 0.630. The van der Waals surface area contributed by atoms with Gasteiger partial charge in [0.15, 0.2) is 0 Å². The van der Waals surface area contributed by atoms with Gasteiger partial charge >= 0.3 is 0 Å². The fourth-order valence-corrected chi connectivity index (χ4v) is 2.69.